The molecule has 160 valence electrons. The molecule has 3 aliphatic heterocycles. The maximum atomic E-state index is 12.6. The summed E-state index contributed by atoms with van der Waals surface area (Å²) in [6.45, 7) is 2.83. The van der Waals surface area contributed by atoms with Crippen LogP contribution in [0.15, 0.2) is 12.1 Å². The lowest BCUT2D eigenvalue weighted by molar-refractivity contribution is -0.200. The summed E-state index contributed by atoms with van der Waals surface area (Å²) in [6.07, 6.45) is 6.98. The van der Waals surface area contributed by atoms with E-state index in [2.05, 4.69) is 4.90 Å². The highest BCUT2D eigenvalue weighted by molar-refractivity contribution is 5.79. The lowest BCUT2D eigenvalue weighted by atomic mass is 9.48. The number of phenols is 1. The van der Waals surface area contributed by atoms with Gasteiger partial charge in [-0.2, -0.15) is 0 Å². The number of phenolic OH excluding ortho intramolecular Hbond substituents is 1. The summed E-state index contributed by atoms with van der Waals surface area (Å²) in [4.78, 5) is 17.2. The fourth-order valence-corrected chi connectivity index (χ4v) is 7.79. The van der Waals surface area contributed by atoms with Crippen LogP contribution < -0.4 is 4.74 Å². The van der Waals surface area contributed by atoms with Crippen molar-refractivity contribution in [1.29, 1.82) is 0 Å². The highest BCUT2D eigenvalue weighted by Crippen LogP contribution is 2.66. The first-order chi connectivity index (χ1) is 14.5. The van der Waals surface area contributed by atoms with Gasteiger partial charge < -0.3 is 19.8 Å². The van der Waals surface area contributed by atoms with Gasteiger partial charge in [0.05, 0.1) is 17.1 Å². The number of ether oxygens (including phenoxy) is 1. The smallest absolute Gasteiger partial charge is 0.223 e. The van der Waals surface area contributed by atoms with Crippen molar-refractivity contribution in [1.82, 2.24) is 9.80 Å². The van der Waals surface area contributed by atoms with E-state index in [1.165, 1.54) is 18.4 Å². The molecule has 7 rings (SSSR count). The van der Waals surface area contributed by atoms with Crippen LogP contribution in [0.25, 0.3) is 0 Å². The number of aromatic hydroxyl groups is 1. The van der Waals surface area contributed by atoms with E-state index < -0.39 is 11.0 Å². The minimum Gasteiger partial charge on any atom is -0.504 e. The minimum absolute atomic E-state index is 0.0198. The molecule has 5 atom stereocenters. The number of piperidine rings is 1. The molecule has 3 aliphatic carbocycles. The first kappa shape index (κ1) is 17.8. The average Bonchev–Trinajstić information content (AvgIpc) is 3.32. The molecular weight excluding hydrogens is 380 g/mol. The summed E-state index contributed by atoms with van der Waals surface area (Å²) < 4.78 is 6.55. The maximum absolute atomic E-state index is 12.6. The molecule has 2 N–H and O–H groups in total. The molecule has 6 nitrogen and oxygen atoms in total. The van der Waals surface area contributed by atoms with Crippen LogP contribution in [0.3, 0.4) is 0 Å². The maximum Gasteiger partial charge on any atom is 0.223 e. The van der Waals surface area contributed by atoms with Crippen molar-refractivity contribution in [2.45, 2.75) is 80.6 Å². The van der Waals surface area contributed by atoms with E-state index in [4.69, 9.17) is 4.74 Å². The Morgan fingerprint density at radius 2 is 2.03 bits per heavy atom. The van der Waals surface area contributed by atoms with Crippen LogP contribution in [0.1, 0.15) is 56.1 Å². The molecule has 6 aliphatic rings. The largest absolute Gasteiger partial charge is 0.504 e. The van der Waals surface area contributed by atoms with Gasteiger partial charge in [-0.05, 0) is 69.0 Å². The Kier molecular flexibility index (Phi) is 3.40. The first-order valence-electron chi connectivity index (χ1n) is 11.8. The second kappa shape index (κ2) is 5.71. The molecule has 4 fully saturated rings. The lowest BCUT2D eigenvalue weighted by Crippen LogP contribution is -2.78. The van der Waals surface area contributed by atoms with E-state index in [-0.39, 0.29) is 29.8 Å². The fraction of sp³-hybridized carbons (Fsp3) is 0.708. The van der Waals surface area contributed by atoms with E-state index in [1.54, 1.807) is 6.07 Å². The van der Waals surface area contributed by atoms with Crippen molar-refractivity contribution in [3.8, 4) is 11.5 Å². The van der Waals surface area contributed by atoms with Gasteiger partial charge in [-0.15, -0.1) is 0 Å². The Balaban J connectivity index is 1.39. The normalized spacial score (nSPS) is 41.7. The van der Waals surface area contributed by atoms with Crippen LogP contribution in [-0.2, 0) is 16.6 Å². The van der Waals surface area contributed by atoms with Gasteiger partial charge in [0.25, 0.3) is 0 Å². The van der Waals surface area contributed by atoms with Crippen LogP contribution in [0.5, 0.6) is 11.5 Å². The Hall–Kier alpha value is -1.79. The van der Waals surface area contributed by atoms with Crippen molar-refractivity contribution in [2.75, 3.05) is 19.6 Å². The number of rotatable bonds is 3. The van der Waals surface area contributed by atoms with E-state index in [1.807, 2.05) is 11.0 Å². The molecular formula is C24H30N2O4. The number of hydrogen-bond acceptors (Lipinski definition) is 5. The van der Waals surface area contributed by atoms with Crippen LogP contribution in [0.4, 0.5) is 0 Å². The lowest BCUT2D eigenvalue weighted by Gasteiger charge is -2.64. The zero-order valence-corrected chi connectivity index (χ0v) is 17.3. The SMILES string of the molecule is O=C1CCCN1[C@@H]1CC[C@@]2(O)[C@@H]3Cc4ccc(O)c5c4[C@@]2(CCN3CC2CC2)[C@H]1O5. The third kappa shape index (κ3) is 2.00. The molecule has 6 heteroatoms. The molecule has 1 spiro atoms. The van der Waals surface area contributed by atoms with Gasteiger partial charge in [0.15, 0.2) is 11.5 Å². The minimum atomic E-state index is -0.865. The van der Waals surface area contributed by atoms with E-state index in [0.717, 1.165) is 56.8 Å². The first-order valence-corrected chi connectivity index (χ1v) is 11.8. The van der Waals surface area contributed by atoms with Gasteiger partial charge in [0.1, 0.15) is 6.10 Å². The van der Waals surface area contributed by atoms with Crippen LogP contribution in [0, 0.1) is 5.92 Å². The zero-order chi connectivity index (χ0) is 20.3. The topological polar surface area (TPSA) is 73.2 Å². The Labute approximate surface area is 176 Å². The number of nitrogens with zero attached hydrogens (tertiary/aromatic N) is 2. The summed E-state index contributed by atoms with van der Waals surface area (Å²) in [6, 6.07) is 3.87. The number of aliphatic hydroxyl groups is 1. The van der Waals surface area contributed by atoms with Crippen LogP contribution >= 0.6 is 0 Å². The molecule has 2 saturated heterocycles. The average molecular weight is 411 g/mol. The number of hydrogen-bond donors (Lipinski definition) is 2. The van der Waals surface area contributed by atoms with E-state index in [0.29, 0.717) is 18.6 Å². The second-order valence-corrected chi connectivity index (χ2v) is 10.6. The van der Waals surface area contributed by atoms with Crippen molar-refractivity contribution in [3.05, 3.63) is 23.3 Å². The van der Waals surface area contributed by atoms with Crippen LogP contribution in [-0.4, -0.2) is 69.3 Å². The highest BCUT2D eigenvalue weighted by Gasteiger charge is 2.73. The quantitative estimate of drug-likeness (QED) is 0.797. The van der Waals surface area contributed by atoms with Gasteiger partial charge in [0.2, 0.25) is 5.91 Å². The van der Waals surface area contributed by atoms with Gasteiger partial charge in [-0.25, -0.2) is 0 Å². The molecule has 2 bridgehead atoms. The molecule has 0 radical (unpaired) electrons. The molecule has 1 aromatic rings. The summed E-state index contributed by atoms with van der Waals surface area (Å²) in [5, 5.41) is 23.1. The van der Waals surface area contributed by atoms with Crippen molar-refractivity contribution >= 4 is 5.91 Å². The van der Waals surface area contributed by atoms with E-state index in [9.17, 15) is 15.0 Å². The standard InChI is InChI=1S/C24H30N2O4/c27-17-6-5-15-12-18-24(29)8-7-16(26-10-1-2-19(26)28)22-23(24,20(15)21(17)30-22)9-11-25(18)13-14-3-4-14/h5-6,14,16,18,22,27,29H,1-4,7-13H2/t16-,18+,22+,23+,24-/m1/s1. The molecule has 2 saturated carbocycles. The monoisotopic (exact) mass is 410 g/mol. The molecule has 1 aromatic carbocycles. The second-order valence-electron chi connectivity index (χ2n) is 10.6. The fourth-order valence-electron chi connectivity index (χ4n) is 7.79. The molecule has 30 heavy (non-hydrogen) atoms. The Bertz CT molecular complexity index is 945. The summed E-state index contributed by atoms with van der Waals surface area (Å²) >= 11 is 0. The van der Waals surface area contributed by atoms with Crippen LogP contribution in [0.2, 0.25) is 0 Å². The third-order valence-corrected chi connectivity index (χ3v) is 9.24. The van der Waals surface area contributed by atoms with E-state index >= 15 is 0 Å². The number of carbonyl (C=O) groups excluding carboxylic acids is 1. The summed E-state index contributed by atoms with van der Waals surface area (Å²) in [5.41, 5.74) is 0.879. The highest BCUT2D eigenvalue weighted by atomic mass is 16.5. The molecule has 0 aromatic heterocycles. The Morgan fingerprint density at radius 3 is 2.80 bits per heavy atom. The summed E-state index contributed by atoms with van der Waals surface area (Å²) in [7, 11) is 0. The van der Waals surface area contributed by atoms with Crippen molar-refractivity contribution in [2.24, 2.45) is 5.92 Å². The number of carbonyl (C=O) groups is 1. The van der Waals surface area contributed by atoms with Gasteiger partial charge in [-0.3, -0.25) is 9.69 Å². The Morgan fingerprint density at radius 1 is 1.17 bits per heavy atom. The number of likely N-dealkylation sites (tertiary alicyclic amines) is 2. The van der Waals surface area contributed by atoms with Crippen molar-refractivity contribution in [3.63, 3.8) is 0 Å². The molecule has 1 amide bonds. The van der Waals surface area contributed by atoms with Gasteiger partial charge in [0, 0.05) is 31.1 Å². The predicted octanol–water partition coefficient (Wildman–Crippen LogP) is 1.95. The predicted molar refractivity (Wildman–Crippen MR) is 110 cm³/mol. The molecule has 0 unspecified atom stereocenters. The van der Waals surface area contributed by atoms with Crippen molar-refractivity contribution < 1.29 is 19.7 Å². The number of amides is 1. The zero-order valence-electron chi connectivity index (χ0n) is 17.3. The summed E-state index contributed by atoms with van der Waals surface area (Å²) in [5.74, 6) is 1.74. The third-order valence-electron chi connectivity index (χ3n) is 9.24. The van der Waals surface area contributed by atoms with Gasteiger partial charge >= 0.3 is 0 Å². The van der Waals surface area contributed by atoms with Gasteiger partial charge in [-0.1, -0.05) is 6.07 Å². The molecule has 3 heterocycles. The number of benzene rings is 1.